The van der Waals surface area contributed by atoms with E-state index in [0.29, 0.717) is 0 Å². The van der Waals surface area contributed by atoms with Crippen LogP contribution in [0.25, 0.3) is 0 Å². The van der Waals surface area contributed by atoms with Crippen molar-refractivity contribution in [2.75, 3.05) is 4.44 Å². The predicted octanol–water partition coefficient (Wildman–Crippen LogP) is 12.2. The first-order chi connectivity index (χ1) is 24.7. The largest absolute Gasteiger partial charge is 0.313 e. The van der Waals surface area contributed by atoms with Crippen molar-refractivity contribution in [2.45, 2.75) is 112 Å². The number of benzene rings is 5. The number of hydrogen-bond acceptors (Lipinski definition) is 1. The first kappa shape index (κ1) is 39.2. The van der Waals surface area contributed by atoms with Crippen LogP contribution in [0.5, 0.6) is 0 Å². The van der Waals surface area contributed by atoms with Crippen LogP contribution in [-0.4, -0.2) is 8.07 Å². The third kappa shape index (κ3) is 9.70. The third-order valence-electron chi connectivity index (χ3n) is 10.5. The zero-order chi connectivity index (χ0) is 36.4. The van der Waals surface area contributed by atoms with Crippen molar-refractivity contribution in [3.05, 3.63) is 143 Å². The Balaban J connectivity index is 1.80. The Morgan fingerprint density at radius 1 is 0.431 bits per heavy atom. The smallest absolute Gasteiger partial charge is 0.0870 e. The minimum atomic E-state index is -1.68. The highest BCUT2D eigenvalue weighted by Gasteiger charge is 2.36. The van der Waals surface area contributed by atoms with E-state index >= 15 is 0 Å². The number of aryl methyl sites for hydroxylation is 5. The Labute approximate surface area is 314 Å². The highest BCUT2D eigenvalue weighted by Crippen LogP contribution is 2.57. The quantitative estimate of drug-likeness (QED) is 0.0680. The Bertz CT molecular complexity index is 1590. The number of rotatable bonds is 17. The van der Waals surface area contributed by atoms with Crippen LogP contribution in [0.4, 0.5) is 5.69 Å². The summed E-state index contributed by atoms with van der Waals surface area (Å²) >= 11 is 0. The van der Waals surface area contributed by atoms with Crippen molar-refractivity contribution >= 4 is 56.3 Å². The molecule has 0 amide bonds. The average Bonchev–Trinajstić information content (AvgIpc) is 3.14. The summed E-state index contributed by atoms with van der Waals surface area (Å²) in [5.74, 6) is 0. The molecular weight excluding hydrogens is 669 g/mol. The van der Waals surface area contributed by atoms with Crippen LogP contribution in [0.2, 0.25) is 18.1 Å². The maximum atomic E-state index is 2.87. The molecular formula is C47H61NP2Si. The van der Waals surface area contributed by atoms with Crippen molar-refractivity contribution in [1.82, 2.24) is 0 Å². The van der Waals surface area contributed by atoms with Gasteiger partial charge < -0.3 is 4.44 Å². The summed E-state index contributed by atoms with van der Waals surface area (Å²) in [5.41, 5.74) is 8.07. The van der Waals surface area contributed by atoms with Crippen molar-refractivity contribution in [3.8, 4) is 0 Å². The van der Waals surface area contributed by atoms with Crippen molar-refractivity contribution < 1.29 is 0 Å². The third-order valence-corrected chi connectivity index (χ3v) is 21.6. The molecule has 268 valence electrons. The molecule has 0 saturated heterocycles. The van der Waals surface area contributed by atoms with E-state index < -0.39 is 24.2 Å². The van der Waals surface area contributed by atoms with E-state index in [1.54, 1.807) is 5.19 Å². The van der Waals surface area contributed by atoms with Crippen LogP contribution in [0.3, 0.4) is 0 Å². The lowest BCUT2D eigenvalue weighted by Gasteiger charge is -2.41. The molecule has 5 aromatic rings. The summed E-state index contributed by atoms with van der Waals surface area (Å²) in [6, 6.07) is 49.6. The van der Waals surface area contributed by atoms with Crippen molar-refractivity contribution in [2.24, 2.45) is 0 Å². The van der Waals surface area contributed by atoms with Gasteiger partial charge >= 0.3 is 0 Å². The molecule has 4 heteroatoms. The molecule has 51 heavy (non-hydrogen) atoms. The first-order valence-electron chi connectivity index (χ1n) is 19.5. The normalized spacial score (nSPS) is 11.8. The number of unbranched alkanes of at least 4 members (excludes halogenated alkanes) is 3. The van der Waals surface area contributed by atoms with Crippen LogP contribution in [0, 0.1) is 34.6 Å². The van der Waals surface area contributed by atoms with Crippen LogP contribution >= 0.6 is 16.1 Å². The monoisotopic (exact) mass is 729 g/mol. The van der Waals surface area contributed by atoms with E-state index in [9.17, 15) is 0 Å². The molecule has 0 aromatic heterocycles. The molecule has 0 aliphatic rings. The first-order valence-corrected chi connectivity index (χ1v) is 24.7. The molecule has 0 aliphatic heterocycles. The van der Waals surface area contributed by atoms with Gasteiger partial charge in [-0.15, -0.1) is 0 Å². The van der Waals surface area contributed by atoms with Gasteiger partial charge in [0, 0.05) is 26.9 Å². The Hall–Kier alpha value is -3.02. The van der Waals surface area contributed by atoms with E-state index in [1.807, 2.05) is 0 Å². The SMILES string of the molecule is CCCC[Si](CCCC)(CCCC)c1ccc(N(P(c2ccc(C)cc2)c2ccc(C)cc2)P(c2ccc(C)cc2)c2ccc(C)cc2)cc1C. The summed E-state index contributed by atoms with van der Waals surface area (Å²) < 4.78 is 2.87. The summed E-state index contributed by atoms with van der Waals surface area (Å²) in [7, 11) is -3.52. The van der Waals surface area contributed by atoms with Gasteiger partial charge in [0.2, 0.25) is 0 Å². The Kier molecular flexibility index (Phi) is 14.3. The molecule has 0 radical (unpaired) electrons. The van der Waals surface area contributed by atoms with Crippen molar-refractivity contribution in [3.63, 3.8) is 0 Å². The minimum absolute atomic E-state index is 0.922. The molecule has 0 aliphatic carbocycles. The lowest BCUT2D eigenvalue weighted by Crippen LogP contribution is -2.49. The van der Waals surface area contributed by atoms with Crippen LogP contribution < -0.4 is 30.8 Å². The lowest BCUT2D eigenvalue weighted by atomic mass is 10.2. The molecule has 5 aromatic carbocycles. The number of hydrogen-bond donors (Lipinski definition) is 0. The van der Waals surface area contributed by atoms with Gasteiger partial charge in [-0.25, -0.2) is 0 Å². The van der Waals surface area contributed by atoms with Crippen molar-refractivity contribution in [1.29, 1.82) is 0 Å². The van der Waals surface area contributed by atoms with Gasteiger partial charge in [0.15, 0.2) is 0 Å². The minimum Gasteiger partial charge on any atom is -0.313 e. The van der Waals surface area contributed by atoms with Gasteiger partial charge in [-0.05, 0) is 52.3 Å². The second-order valence-corrected chi connectivity index (χ2v) is 23.9. The second kappa shape index (κ2) is 18.6. The standard InChI is InChI=1S/C47H61NP2Si/c1-9-12-33-51(34-13-10-2,35-14-11-3)47-32-23-42(36-41(47)8)48(49(43-24-15-37(4)16-25-43)44-26-17-38(5)18-27-44)50(45-28-19-39(6)20-29-45)46-30-21-40(7)22-31-46/h15-32,36H,9-14,33-35H2,1-8H3. The van der Waals surface area contributed by atoms with E-state index in [1.165, 1.54) is 111 Å². The molecule has 1 nitrogen and oxygen atoms in total. The predicted molar refractivity (Wildman–Crippen MR) is 235 cm³/mol. The molecule has 0 saturated carbocycles. The highest BCUT2D eigenvalue weighted by molar-refractivity contribution is 7.90. The van der Waals surface area contributed by atoms with Crippen LogP contribution in [-0.2, 0) is 0 Å². The molecule has 5 rings (SSSR count). The maximum absolute atomic E-state index is 2.87. The fourth-order valence-electron chi connectivity index (χ4n) is 7.49. The number of anilines is 1. The summed E-state index contributed by atoms with van der Waals surface area (Å²) in [6.45, 7) is 18.4. The molecule has 0 fully saturated rings. The fraction of sp³-hybridized carbons (Fsp3) is 0.362. The number of nitrogens with zero attached hydrogens (tertiary/aromatic N) is 1. The summed E-state index contributed by atoms with van der Waals surface area (Å²) in [6.07, 6.45) is 7.91. The lowest BCUT2D eigenvalue weighted by molar-refractivity contribution is 0.800. The van der Waals surface area contributed by atoms with Gasteiger partial charge in [-0.3, -0.25) is 0 Å². The zero-order valence-corrected chi connectivity index (χ0v) is 35.5. The Morgan fingerprint density at radius 2 is 0.745 bits per heavy atom. The topological polar surface area (TPSA) is 3.24 Å². The van der Waals surface area contributed by atoms with Crippen LogP contribution in [0.15, 0.2) is 115 Å². The average molecular weight is 730 g/mol. The molecule has 0 spiro atoms. The molecule has 0 bridgehead atoms. The molecule has 0 atom stereocenters. The molecule has 0 N–H and O–H groups in total. The fourth-order valence-corrected chi connectivity index (χ4v) is 19.3. The summed E-state index contributed by atoms with van der Waals surface area (Å²) in [4.78, 5) is 0. The van der Waals surface area contributed by atoms with Gasteiger partial charge in [-0.1, -0.05) is 208 Å². The second-order valence-electron chi connectivity index (χ2n) is 14.8. The molecule has 0 heterocycles. The van der Waals surface area contributed by atoms with E-state index in [0.717, 1.165) is 0 Å². The molecule has 0 unspecified atom stereocenters. The van der Waals surface area contributed by atoms with Gasteiger partial charge in [-0.2, -0.15) is 0 Å². The van der Waals surface area contributed by atoms with Gasteiger partial charge in [0.05, 0.1) is 24.2 Å². The van der Waals surface area contributed by atoms with Crippen LogP contribution in [0.1, 0.15) is 87.1 Å². The highest BCUT2D eigenvalue weighted by atomic mass is 31.2. The van der Waals surface area contributed by atoms with Gasteiger partial charge in [0.25, 0.3) is 0 Å². The van der Waals surface area contributed by atoms with Gasteiger partial charge in [0.1, 0.15) is 0 Å². The van der Waals surface area contributed by atoms with E-state index in [4.69, 9.17) is 0 Å². The zero-order valence-electron chi connectivity index (χ0n) is 32.7. The van der Waals surface area contributed by atoms with E-state index in [2.05, 4.69) is 175 Å². The summed E-state index contributed by atoms with van der Waals surface area (Å²) in [5, 5.41) is 7.30. The Morgan fingerprint density at radius 3 is 1.02 bits per heavy atom. The maximum Gasteiger partial charge on any atom is 0.0870 e. The van der Waals surface area contributed by atoms with E-state index in [-0.39, 0.29) is 0 Å².